The van der Waals surface area contributed by atoms with E-state index in [0.717, 1.165) is 23.7 Å². The van der Waals surface area contributed by atoms with Crippen molar-refractivity contribution in [2.75, 3.05) is 6.54 Å². The fourth-order valence-electron chi connectivity index (χ4n) is 2.06. The van der Waals surface area contributed by atoms with E-state index in [4.69, 9.17) is 0 Å². The van der Waals surface area contributed by atoms with Crippen LogP contribution in [0.2, 0.25) is 0 Å². The normalized spacial score (nSPS) is 18.9. The van der Waals surface area contributed by atoms with Crippen LogP contribution < -0.4 is 5.32 Å². The minimum Gasteiger partial charge on any atom is -0.351 e. The minimum atomic E-state index is 0.0434. The van der Waals surface area contributed by atoms with Gasteiger partial charge in [0.15, 0.2) is 0 Å². The lowest BCUT2D eigenvalue weighted by Gasteiger charge is -2.21. The third-order valence-corrected chi connectivity index (χ3v) is 4.10. The molecule has 16 heavy (non-hydrogen) atoms. The molecular weight excluding hydrogens is 286 g/mol. The molecule has 4 heteroatoms. The Hall–Kier alpha value is -0.610. The van der Waals surface area contributed by atoms with Gasteiger partial charge in [-0.15, -0.1) is 11.3 Å². The highest BCUT2D eigenvalue weighted by atomic mass is 79.9. The van der Waals surface area contributed by atoms with E-state index in [0.29, 0.717) is 6.54 Å². The first-order valence-corrected chi connectivity index (χ1v) is 7.03. The van der Waals surface area contributed by atoms with Crippen molar-refractivity contribution < 1.29 is 4.79 Å². The number of halogens is 1. The van der Waals surface area contributed by atoms with E-state index in [1.165, 1.54) is 10.4 Å². The zero-order valence-corrected chi connectivity index (χ0v) is 11.4. The van der Waals surface area contributed by atoms with Gasteiger partial charge in [0.25, 0.3) is 0 Å². The van der Waals surface area contributed by atoms with Crippen LogP contribution in [0.4, 0.5) is 0 Å². The fourth-order valence-corrected chi connectivity index (χ4v) is 3.19. The van der Waals surface area contributed by atoms with Gasteiger partial charge >= 0.3 is 0 Å². The number of carbonyl (C=O) groups excluding carboxylic acids is 1. The molecule has 2 rings (SSSR count). The summed E-state index contributed by atoms with van der Waals surface area (Å²) in [6.07, 6.45) is 3.20. The van der Waals surface area contributed by atoms with Crippen LogP contribution in [0.1, 0.15) is 29.2 Å². The van der Waals surface area contributed by atoms with Crippen LogP contribution in [0, 0.1) is 0 Å². The maximum absolute atomic E-state index is 12.0. The van der Waals surface area contributed by atoms with E-state index in [1.807, 2.05) is 0 Å². The number of hydrogen-bond acceptors (Lipinski definition) is 2. The van der Waals surface area contributed by atoms with Gasteiger partial charge in [-0.05, 0) is 36.3 Å². The summed E-state index contributed by atoms with van der Waals surface area (Å²) in [4.78, 5) is 13.4. The van der Waals surface area contributed by atoms with Gasteiger partial charge in [0, 0.05) is 15.9 Å². The molecule has 1 aromatic rings. The number of carbonyl (C=O) groups is 1. The highest BCUT2D eigenvalue weighted by molar-refractivity contribution is 9.11. The highest BCUT2D eigenvalue weighted by Gasteiger charge is 2.26. The summed E-state index contributed by atoms with van der Waals surface area (Å²) in [6.45, 7) is 4.22. The lowest BCUT2D eigenvalue weighted by atomic mass is 9.87. The molecule has 1 aliphatic rings. The Morgan fingerprint density at radius 1 is 1.69 bits per heavy atom. The van der Waals surface area contributed by atoms with Gasteiger partial charge in [-0.2, -0.15) is 0 Å². The predicted molar refractivity (Wildman–Crippen MR) is 71.1 cm³/mol. The summed E-state index contributed by atoms with van der Waals surface area (Å²) in [5.74, 6) is 0.168. The molecule has 0 aromatic carbocycles. The van der Waals surface area contributed by atoms with Crippen molar-refractivity contribution >= 4 is 33.2 Å². The van der Waals surface area contributed by atoms with E-state index in [2.05, 4.69) is 39.3 Å². The Kier molecular flexibility index (Phi) is 3.82. The quantitative estimate of drug-likeness (QED) is 0.912. The second kappa shape index (κ2) is 5.15. The molecule has 0 radical (unpaired) electrons. The van der Waals surface area contributed by atoms with Crippen molar-refractivity contribution in [2.24, 2.45) is 0 Å². The van der Waals surface area contributed by atoms with Crippen LogP contribution in [0.25, 0.3) is 0 Å². The predicted octanol–water partition coefficient (Wildman–Crippen LogP) is 3.19. The van der Waals surface area contributed by atoms with Crippen LogP contribution >= 0.6 is 27.3 Å². The minimum absolute atomic E-state index is 0.0434. The molecule has 0 aliphatic heterocycles. The molecule has 0 saturated heterocycles. The van der Waals surface area contributed by atoms with Crippen molar-refractivity contribution in [1.82, 2.24) is 5.32 Å². The Morgan fingerprint density at radius 2 is 2.50 bits per heavy atom. The number of fused-ring (bicyclic) bond motifs is 1. The second-order valence-corrected chi connectivity index (χ2v) is 6.10. The number of thiophene rings is 1. The van der Waals surface area contributed by atoms with E-state index in [9.17, 15) is 4.79 Å². The number of rotatable bonds is 3. The molecule has 2 nitrogen and oxygen atoms in total. The van der Waals surface area contributed by atoms with Crippen molar-refractivity contribution in [2.45, 2.75) is 25.2 Å². The standard InChI is InChI=1S/C12H14BrNOS/c1-8(13)7-14-12(15)10-3-2-4-11-9(10)5-6-16-11/h5-6,10H,1-4,7H2,(H,14,15). The first-order chi connectivity index (χ1) is 7.68. The maximum atomic E-state index is 12.0. The molecule has 1 aromatic heterocycles. The summed E-state index contributed by atoms with van der Waals surface area (Å²) in [7, 11) is 0. The Morgan fingerprint density at radius 3 is 3.25 bits per heavy atom. The van der Waals surface area contributed by atoms with Gasteiger partial charge in [0.2, 0.25) is 5.91 Å². The second-order valence-electron chi connectivity index (χ2n) is 3.98. The summed E-state index contributed by atoms with van der Waals surface area (Å²) >= 11 is 5.01. The van der Waals surface area contributed by atoms with Crippen LogP contribution in [0.3, 0.4) is 0 Å². The first kappa shape index (κ1) is 11.9. The lowest BCUT2D eigenvalue weighted by Crippen LogP contribution is -2.31. The molecule has 1 heterocycles. The van der Waals surface area contributed by atoms with E-state index < -0.39 is 0 Å². The fraction of sp³-hybridized carbons (Fsp3) is 0.417. The van der Waals surface area contributed by atoms with Crippen molar-refractivity contribution in [3.63, 3.8) is 0 Å². The van der Waals surface area contributed by atoms with Gasteiger partial charge in [0.05, 0.1) is 5.92 Å². The molecule has 1 aliphatic carbocycles. The van der Waals surface area contributed by atoms with Gasteiger partial charge in [-0.3, -0.25) is 4.79 Å². The molecule has 0 saturated carbocycles. The molecule has 1 N–H and O–H groups in total. The number of amides is 1. The third-order valence-electron chi connectivity index (χ3n) is 2.82. The van der Waals surface area contributed by atoms with Crippen LogP contribution in [-0.2, 0) is 11.2 Å². The van der Waals surface area contributed by atoms with Crippen molar-refractivity contribution in [3.05, 3.63) is 32.9 Å². The Labute approximate surface area is 108 Å². The van der Waals surface area contributed by atoms with Gasteiger partial charge in [0.1, 0.15) is 0 Å². The molecule has 1 atom stereocenters. The molecule has 86 valence electrons. The molecule has 0 fully saturated rings. The van der Waals surface area contributed by atoms with Gasteiger partial charge in [-0.25, -0.2) is 0 Å². The zero-order chi connectivity index (χ0) is 11.5. The van der Waals surface area contributed by atoms with E-state index in [1.54, 1.807) is 11.3 Å². The Bertz CT molecular complexity index is 413. The molecule has 1 unspecified atom stereocenters. The van der Waals surface area contributed by atoms with E-state index in [-0.39, 0.29) is 11.8 Å². The van der Waals surface area contributed by atoms with Crippen molar-refractivity contribution in [1.29, 1.82) is 0 Å². The summed E-state index contributed by atoms with van der Waals surface area (Å²) in [5, 5.41) is 4.98. The summed E-state index contributed by atoms with van der Waals surface area (Å²) < 4.78 is 0.808. The average molecular weight is 300 g/mol. The van der Waals surface area contributed by atoms with E-state index >= 15 is 0 Å². The summed E-state index contributed by atoms with van der Waals surface area (Å²) in [5.41, 5.74) is 1.23. The molecule has 1 amide bonds. The van der Waals surface area contributed by atoms with Crippen LogP contribution in [0.5, 0.6) is 0 Å². The van der Waals surface area contributed by atoms with Gasteiger partial charge < -0.3 is 5.32 Å². The molecular formula is C12H14BrNOS. The number of hydrogen-bond donors (Lipinski definition) is 1. The average Bonchev–Trinajstić information content (AvgIpc) is 2.73. The number of nitrogens with one attached hydrogen (secondary N) is 1. The molecule has 0 bridgehead atoms. The van der Waals surface area contributed by atoms with Crippen molar-refractivity contribution in [3.8, 4) is 0 Å². The monoisotopic (exact) mass is 299 g/mol. The SMILES string of the molecule is C=C(Br)CNC(=O)C1CCCc2sccc21. The highest BCUT2D eigenvalue weighted by Crippen LogP contribution is 2.34. The number of aryl methyl sites for hydroxylation is 1. The Balaban J connectivity index is 2.06. The third kappa shape index (κ3) is 2.55. The van der Waals surface area contributed by atoms with Crippen LogP contribution in [0.15, 0.2) is 22.5 Å². The smallest absolute Gasteiger partial charge is 0.227 e. The first-order valence-electron chi connectivity index (χ1n) is 5.35. The summed E-state index contributed by atoms with van der Waals surface area (Å²) in [6, 6.07) is 2.09. The lowest BCUT2D eigenvalue weighted by molar-refractivity contribution is -0.122. The van der Waals surface area contributed by atoms with Crippen LogP contribution in [-0.4, -0.2) is 12.5 Å². The zero-order valence-electron chi connectivity index (χ0n) is 8.96. The topological polar surface area (TPSA) is 29.1 Å². The maximum Gasteiger partial charge on any atom is 0.227 e. The van der Waals surface area contributed by atoms with Gasteiger partial charge in [-0.1, -0.05) is 22.5 Å². The largest absolute Gasteiger partial charge is 0.351 e. The molecule has 0 spiro atoms.